The molecule has 2 aliphatic rings. The number of anilines is 2. The number of amides is 2. The number of carbonyl (C=O) groups excluding carboxylic acids is 2. The molecule has 1 fully saturated rings. The molecular weight excluding hydrogens is 414 g/mol. The molecule has 2 aliphatic heterocycles. The minimum Gasteiger partial charge on any atom is -0.497 e. The van der Waals surface area contributed by atoms with Crippen molar-refractivity contribution >= 4 is 28.8 Å². The van der Waals surface area contributed by atoms with Crippen molar-refractivity contribution in [1.29, 1.82) is 0 Å². The van der Waals surface area contributed by atoms with E-state index in [-0.39, 0.29) is 11.8 Å². The number of rotatable bonds is 5. The number of methoxy groups -OCH3 is 1. The lowest BCUT2D eigenvalue weighted by molar-refractivity contribution is -0.120. The van der Waals surface area contributed by atoms with E-state index in [2.05, 4.69) is 21.9 Å². The van der Waals surface area contributed by atoms with Gasteiger partial charge in [-0.15, -0.1) is 0 Å². The molecule has 0 atom stereocenters. The molecule has 6 nitrogen and oxygen atoms in total. The van der Waals surface area contributed by atoms with Crippen molar-refractivity contribution in [3.05, 3.63) is 96.2 Å². The lowest BCUT2D eigenvalue weighted by Crippen LogP contribution is -2.47. The van der Waals surface area contributed by atoms with Crippen LogP contribution in [0.2, 0.25) is 0 Å². The summed E-state index contributed by atoms with van der Waals surface area (Å²) in [7, 11) is 1.59. The zero-order chi connectivity index (χ0) is 22.8. The van der Waals surface area contributed by atoms with Gasteiger partial charge in [0.2, 0.25) is 0 Å². The number of hydrogen-bond acceptors (Lipinski definition) is 5. The molecule has 0 radical (unpaired) electrons. The summed E-state index contributed by atoms with van der Waals surface area (Å²) >= 11 is 0. The second-order valence-electron chi connectivity index (χ2n) is 8.04. The van der Waals surface area contributed by atoms with Gasteiger partial charge < -0.3 is 14.5 Å². The van der Waals surface area contributed by atoms with E-state index in [1.54, 1.807) is 31.4 Å². The third-order valence-corrected chi connectivity index (χ3v) is 6.17. The van der Waals surface area contributed by atoms with Crippen LogP contribution in [0, 0.1) is 0 Å². The van der Waals surface area contributed by atoms with E-state index in [1.807, 2.05) is 48.5 Å². The van der Waals surface area contributed by atoms with Crippen molar-refractivity contribution in [3.8, 4) is 5.75 Å². The first-order valence-electron chi connectivity index (χ1n) is 11.0. The van der Waals surface area contributed by atoms with Crippen molar-refractivity contribution in [3.63, 3.8) is 0 Å². The normalized spacial score (nSPS) is 16.6. The molecule has 0 aliphatic carbocycles. The Morgan fingerprint density at radius 3 is 1.82 bits per heavy atom. The molecule has 6 heteroatoms. The molecule has 2 amide bonds. The summed E-state index contributed by atoms with van der Waals surface area (Å²) < 4.78 is 5.23. The highest BCUT2D eigenvalue weighted by atomic mass is 16.5. The van der Waals surface area contributed by atoms with Crippen LogP contribution in [-0.4, -0.2) is 50.0 Å². The van der Waals surface area contributed by atoms with Gasteiger partial charge in [0, 0.05) is 31.9 Å². The SMILES string of the molecule is COc1ccc(N2C(=O)C(c3ccccc3)=C(N3CCN(c4ccccc4)CC3)C2=O)cc1. The fourth-order valence-electron chi connectivity index (χ4n) is 4.47. The first-order valence-corrected chi connectivity index (χ1v) is 11.0. The number of nitrogens with zero attached hydrogens (tertiary/aromatic N) is 3. The Labute approximate surface area is 193 Å². The van der Waals surface area contributed by atoms with Crippen LogP contribution >= 0.6 is 0 Å². The van der Waals surface area contributed by atoms with Crippen LogP contribution in [0.4, 0.5) is 11.4 Å². The fourth-order valence-corrected chi connectivity index (χ4v) is 4.47. The van der Waals surface area contributed by atoms with Gasteiger partial charge in [0.15, 0.2) is 0 Å². The van der Waals surface area contributed by atoms with Gasteiger partial charge in [-0.3, -0.25) is 9.59 Å². The van der Waals surface area contributed by atoms with Crippen molar-refractivity contribution in [2.24, 2.45) is 0 Å². The van der Waals surface area contributed by atoms with E-state index in [1.165, 1.54) is 10.6 Å². The van der Waals surface area contributed by atoms with Crippen LogP contribution in [0.25, 0.3) is 5.57 Å². The molecule has 0 spiro atoms. The summed E-state index contributed by atoms with van der Waals surface area (Å²) in [5.41, 5.74) is 3.41. The molecule has 33 heavy (non-hydrogen) atoms. The summed E-state index contributed by atoms with van der Waals surface area (Å²) in [5, 5.41) is 0. The predicted molar refractivity (Wildman–Crippen MR) is 129 cm³/mol. The van der Waals surface area contributed by atoms with Crippen LogP contribution < -0.4 is 14.5 Å². The van der Waals surface area contributed by atoms with Gasteiger partial charge >= 0.3 is 0 Å². The van der Waals surface area contributed by atoms with Gasteiger partial charge in [-0.05, 0) is 42.0 Å². The molecular formula is C27H25N3O3. The maximum absolute atomic E-state index is 13.7. The van der Waals surface area contributed by atoms with E-state index >= 15 is 0 Å². The van der Waals surface area contributed by atoms with Crippen molar-refractivity contribution in [2.75, 3.05) is 43.1 Å². The summed E-state index contributed by atoms with van der Waals surface area (Å²) in [6, 6.07) is 26.7. The average molecular weight is 440 g/mol. The highest BCUT2D eigenvalue weighted by Gasteiger charge is 2.43. The van der Waals surface area contributed by atoms with Crippen molar-refractivity contribution < 1.29 is 14.3 Å². The van der Waals surface area contributed by atoms with Crippen LogP contribution in [0.5, 0.6) is 5.75 Å². The first kappa shape index (κ1) is 20.8. The molecule has 2 heterocycles. The number of benzene rings is 3. The standard InChI is InChI=1S/C27H25N3O3/c1-33-23-14-12-22(13-15-23)30-26(31)24(20-8-4-2-5-9-20)25(27(30)32)29-18-16-28(17-19-29)21-10-6-3-7-11-21/h2-15H,16-19H2,1H3. The summed E-state index contributed by atoms with van der Waals surface area (Å²) in [6.45, 7) is 2.88. The molecule has 3 aromatic rings. The van der Waals surface area contributed by atoms with Gasteiger partial charge in [0.1, 0.15) is 11.4 Å². The van der Waals surface area contributed by atoms with Crippen molar-refractivity contribution in [1.82, 2.24) is 4.90 Å². The Balaban J connectivity index is 1.48. The monoisotopic (exact) mass is 439 g/mol. The molecule has 0 unspecified atom stereocenters. The fraction of sp³-hybridized carbons (Fsp3) is 0.185. The number of hydrogen-bond donors (Lipinski definition) is 0. The maximum atomic E-state index is 13.7. The molecule has 0 saturated carbocycles. The van der Waals surface area contributed by atoms with Gasteiger partial charge in [-0.2, -0.15) is 0 Å². The van der Waals surface area contributed by atoms with Crippen LogP contribution in [0.15, 0.2) is 90.6 Å². The van der Waals surface area contributed by atoms with Gasteiger partial charge in [-0.25, -0.2) is 4.90 Å². The third-order valence-electron chi connectivity index (χ3n) is 6.17. The molecule has 0 N–H and O–H groups in total. The molecule has 166 valence electrons. The highest BCUT2D eigenvalue weighted by molar-refractivity contribution is 6.45. The topological polar surface area (TPSA) is 53.1 Å². The molecule has 0 bridgehead atoms. The lowest BCUT2D eigenvalue weighted by Gasteiger charge is -2.37. The zero-order valence-electron chi connectivity index (χ0n) is 18.5. The minimum absolute atomic E-state index is 0.280. The number of imide groups is 1. The van der Waals surface area contributed by atoms with Crippen molar-refractivity contribution in [2.45, 2.75) is 0 Å². The van der Waals surface area contributed by atoms with E-state index in [9.17, 15) is 9.59 Å². The Bertz CT molecular complexity index is 1180. The third kappa shape index (κ3) is 3.84. The zero-order valence-corrected chi connectivity index (χ0v) is 18.5. The van der Waals surface area contributed by atoms with Gasteiger partial charge in [0.05, 0.1) is 18.4 Å². The largest absolute Gasteiger partial charge is 0.497 e. The average Bonchev–Trinajstić information content (AvgIpc) is 3.15. The van der Waals surface area contributed by atoms with E-state index in [0.717, 1.165) is 18.7 Å². The second-order valence-corrected chi connectivity index (χ2v) is 8.04. The van der Waals surface area contributed by atoms with E-state index in [4.69, 9.17) is 4.74 Å². The lowest BCUT2D eigenvalue weighted by atomic mass is 10.0. The highest BCUT2D eigenvalue weighted by Crippen LogP contribution is 2.35. The first-order chi connectivity index (χ1) is 16.2. The second kappa shape index (κ2) is 8.82. The maximum Gasteiger partial charge on any atom is 0.282 e. The Morgan fingerprint density at radius 2 is 1.21 bits per heavy atom. The molecule has 5 rings (SSSR count). The van der Waals surface area contributed by atoms with E-state index < -0.39 is 0 Å². The smallest absolute Gasteiger partial charge is 0.282 e. The Kier molecular flexibility index (Phi) is 5.57. The number of ether oxygens (including phenoxy) is 1. The van der Waals surface area contributed by atoms with Crippen LogP contribution in [-0.2, 0) is 9.59 Å². The number of piperazine rings is 1. The van der Waals surface area contributed by atoms with Crippen LogP contribution in [0.3, 0.4) is 0 Å². The molecule has 1 saturated heterocycles. The summed E-state index contributed by atoms with van der Waals surface area (Å²) in [4.78, 5) is 32.9. The number of para-hydroxylation sites is 1. The predicted octanol–water partition coefficient (Wildman–Crippen LogP) is 3.80. The summed E-state index contributed by atoms with van der Waals surface area (Å²) in [6.07, 6.45) is 0. The van der Waals surface area contributed by atoms with Gasteiger partial charge in [0.25, 0.3) is 11.8 Å². The Morgan fingerprint density at radius 1 is 0.636 bits per heavy atom. The molecule has 3 aromatic carbocycles. The van der Waals surface area contributed by atoms with E-state index in [0.29, 0.717) is 35.8 Å². The summed E-state index contributed by atoms with van der Waals surface area (Å²) in [5.74, 6) is 0.0976. The Hall–Kier alpha value is -4.06. The molecule has 0 aromatic heterocycles. The quantitative estimate of drug-likeness (QED) is 0.566. The minimum atomic E-state index is -0.295. The van der Waals surface area contributed by atoms with Crippen LogP contribution in [0.1, 0.15) is 5.56 Å². The van der Waals surface area contributed by atoms with Gasteiger partial charge in [-0.1, -0.05) is 48.5 Å². The number of carbonyl (C=O) groups is 2.